The lowest BCUT2D eigenvalue weighted by atomic mass is 9.92. The van der Waals surface area contributed by atoms with Crippen LogP contribution in [0.15, 0.2) is 206 Å². The van der Waals surface area contributed by atoms with Crippen molar-refractivity contribution in [3.05, 3.63) is 217 Å². The second-order valence-electron chi connectivity index (χ2n) is 18.4. The van der Waals surface area contributed by atoms with E-state index in [9.17, 15) is 32.9 Å². The maximum atomic E-state index is 12.4. The van der Waals surface area contributed by atoms with Crippen LogP contribution in [0.5, 0.6) is 23.0 Å². The van der Waals surface area contributed by atoms with Gasteiger partial charge >= 0.3 is 31.3 Å². The molecule has 0 spiro atoms. The van der Waals surface area contributed by atoms with E-state index >= 15 is 0 Å². The van der Waals surface area contributed by atoms with Crippen LogP contribution in [0.25, 0.3) is 65.3 Å². The maximum absolute atomic E-state index is 12.4. The van der Waals surface area contributed by atoms with Crippen LogP contribution in [0.3, 0.4) is 0 Å². The fourth-order valence-corrected chi connectivity index (χ4v) is 13.7. The predicted molar refractivity (Wildman–Crippen MR) is 297 cm³/mol. The lowest BCUT2D eigenvalue weighted by Crippen LogP contribution is -2.13. The van der Waals surface area contributed by atoms with Crippen molar-refractivity contribution in [3.63, 3.8) is 0 Å². The monoisotopic (exact) mass is 1120 g/mol. The van der Waals surface area contributed by atoms with E-state index in [0.717, 1.165) is 76.5 Å². The Morgan fingerprint density at radius 2 is 0.538 bits per heavy atom. The van der Waals surface area contributed by atoms with Crippen molar-refractivity contribution < 1.29 is 74.0 Å². The molecule has 16 nitrogen and oxygen atoms in total. The molecule has 78 heavy (non-hydrogen) atoms. The van der Waals surface area contributed by atoms with Crippen molar-refractivity contribution in [2.45, 2.75) is 38.3 Å². The number of hydrogen-bond acceptors (Lipinski definition) is 12. The molecule has 0 aliphatic carbocycles. The summed E-state index contributed by atoms with van der Waals surface area (Å²) in [6, 6.07) is 64.6. The number of rotatable bonds is 2. The lowest BCUT2D eigenvalue weighted by Gasteiger charge is -2.16. The highest BCUT2D eigenvalue weighted by molar-refractivity contribution is 7.49. The Labute approximate surface area is 447 Å². The zero-order valence-electron chi connectivity index (χ0n) is 41.4. The number of benzene rings is 10. The van der Waals surface area contributed by atoms with Crippen LogP contribution in [0.2, 0.25) is 0 Å². The standard InChI is InChI=1S/2C20H13O4P.C14H13O4P.C4H9O4P/c2*21-25(22)23-17-11-9-13-5-1-3-7-15(13)19(17)20-16-8-4-2-6-14(16)10-12-18(20)24-25;15-19(16)17-13(11-7-3-1-4-8-11)14(18-19)12-9-5-2-6-10-12;1-3-4(2)8-9(5,6)7-3/h2*1-12H,(H,21,22);1-10,13-14H,(H,15,16);3-4H,1-2H3,(H,5,6)/t;;13-,14-;3-,4-/m..11/s1. The molecule has 0 saturated carbocycles. The first-order chi connectivity index (χ1) is 37.4. The number of fused-ring (bicyclic) bond motifs is 14. The SMILES string of the molecule is C[C@H]1OP(=O)(O)O[C@@H]1C.O=P1(O)O[C@H](c2ccccc2)[C@@H](c2ccccc2)O1.O=P1(O)Oc2ccc3ccccc3c2-c2c(ccc3ccccc23)O1.O=P1(O)Oc2ccc3ccccc3c2-c2c(ccc3ccccc23)O1. The molecule has 2 saturated heterocycles. The molecule has 0 aromatic heterocycles. The summed E-state index contributed by atoms with van der Waals surface area (Å²) in [6.45, 7) is 3.39. The second-order valence-corrected chi connectivity index (χ2v) is 23.7. The van der Waals surface area contributed by atoms with E-state index in [2.05, 4.69) is 9.05 Å². The molecule has 396 valence electrons. The van der Waals surface area contributed by atoms with Crippen LogP contribution in [-0.2, 0) is 36.4 Å². The average Bonchev–Trinajstić information content (AvgIpc) is 3.95. The predicted octanol–water partition coefficient (Wildman–Crippen LogP) is 15.6. The molecule has 2 fully saturated rings. The largest absolute Gasteiger partial charge is 0.584 e. The van der Waals surface area contributed by atoms with Gasteiger partial charge in [-0.05, 0) is 92.3 Å². The minimum Gasteiger partial charge on any atom is -0.395 e. The summed E-state index contributed by atoms with van der Waals surface area (Å²) in [4.78, 5) is 38.4. The third-order valence-electron chi connectivity index (χ3n) is 13.2. The minimum atomic E-state index is -4.25. The Hall–Kier alpha value is -6.96. The van der Waals surface area contributed by atoms with Gasteiger partial charge in [-0.1, -0.05) is 182 Å². The zero-order valence-corrected chi connectivity index (χ0v) is 45.0. The molecule has 10 aromatic rings. The van der Waals surface area contributed by atoms with E-state index in [-0.39, 0.29) is 12.2 Å². The van der Waals surface area contributed by atoms with E-state index < -0.39 is 43.5 Å². The summed E-state index contributed by atoms with van der Waals surface area (Å²) in [6.07, 6.45) is -1.69. The molecule has 10 aromatic carbocycles. The number of phosphoric acid groups is 4. The normalized spacial score (nSPS) is 20.5. The zero-order chi connectivity index (χ0) is 54.4. The first-order valence-corrected chi connectivity index (χ1v) is 30.4. The molecule has 0 bridgehead atoms. The van der Waals surface area contributed by atoms with Gasteiger partial charge in [-0.15, -0.1) is 0 Å². The van der Waals surface area contributed by atoms with Crippen molar-refractivity contribution in [1.82, 2.24) is 0 Å². The van der Waals surface area contributed by atoms with Crippen LogP contribution in [0.4, 0.5) is 0 Å². The lowest BCUT2D eigenvalue weighted by molar-refractivity contribution is 0.159. The van der Waals surface area contributed by atoms with Crippen molar-refractivity contribution in [1.29, 1.82) is 0 Å². The van der Waals surface area contributed by atoms with Gasteiger partial charge in [0.2, 0.25) is 0 Å². The van der Waals surface area contributed by atoms with E-state index in [1.807, 2.05) is 182 Å². The molecule has 4 heterocycles. The van der Waals surface area contributed by atoms with Gasteiger partial charge in [-0.2, -0.15) is 0 Å². The third-order valence-corrected chi connectivity index (χ3v) is 17.1. The summed E-state index contributed by atoms with van der Waals surface area (Å²) in [7, 11) is -16.1. The van der Waals surface area contributed by atoms with Gasteiger partial charge in [0.25, 0.3) is 0 Å². The molecule has 4 N–H and O–H groups in total. The van der Waals surface area contributed by atoms with Crippen LogP contribution in [-0.4, -0.2) is 31.8 Å². The summed E-state index contributed by atoms with van der Waals surface area (Å²) in [5.74, 6) is 1.39. The van der Waals surface area contributed by atoms with Gasteiger partial charge in [-0.3, -0.25) is 27.9 Å². The molecule has 0 unspecified atom stereocenters. The third kappa shape index (κ3) is 11.2. The minimum absolute atomic E-state index is 0.277. The Morgan fingerprint density at radius 3 is 0.795 bits per heavy atom. The molecule has 14 rings (SSSR count). The molecule has 4 atom stereocenters. The van der Waals surface area contributed by atoms with Crippen LogP contribution in [0, 0.1) is 0 Å². The molecular weight excluding hydrogens is 1080 g/mol. The first kappa shape index (κ1) is 53.1. The Bertz CT molecular complexity index is 3670. The van der Waals surface area contributed by atoms with Gasteiger partial charge < -0.3 is 27.9 Å². The summed E-state index contributed by atoms with van der Waals surface area (Å²) in [5.41, 5.74) is 4.74. The summed E-state index contributed by atoms with van der Waals surface area (Å²) in [5, 5.41) is 7.89. The fourth-order valence-electron chi connectivity index (χ4n) is 9.67. The van der Waals surface area contributed by atoms with E-state index in [0.29, 0.717) is 23.0 Å². The Morgan fingerprint density at radius 1 is 0.295 bits per heavy atom. The Kier molecular flexibility index (Phi) is 14.5. The molecule has 0 amide bonds. The maximum Gasteiger partial charge on any atom is 0.584 e. The van der Waals surface area contributed by atoms with Crippen molar-refractivity contribution >= 4 is 74.4 Å². The van der Waals surface area contributed by atoms with E-state index in [1.54, 1.807) is 38.1 Å². The number of phosphoric ester groups is 4. The average molecular weight is 1120 g/mol. The van der Waals surface area contributed by atoms with Crippen LogP contribution in [0.1, 0.15) is 37.2 Å². The van der Waals surface area contributed by atoms with Gasteiger partial charge in [0.1, 0.15) is 35.2 Å². The molecule has 4 aliphatic rings. The van der Waals surface area contributed by atoms with Gasteiger partial charge in [-0.25, -0.2) is 18.3 Å². The molecule has 20 heteroatoms. The first-order valence-electron chi connectivity index (χ1n) is 24.4. The van der Waals surface area contributed by atoms with Gasteiger partial charge in [0.15, 0.2) is 0 Å². The molecular formula is C58H48O16P4. The number of hydrogen-bond donors (Lipinski definition) is 4. The quantitative estimate of drug-likeness (QED) is 0.118. The molecule has 0 radical (unpaired) electrons. The topological polar surface area (TPSA) is 223 Å². The highest BCUT2D eigenvalue weighted by Crippen LogP contribution is 2.63. The van der Waals surface area contributed by atoms with Gasteiger partial charge in [0.05, 0.1) is 12.2 Å². The summed E-state index contributed by atoms with van der Waals surface area (Å²) < 4.78 is 87.9. The molecule has 4 aliphatic heterocycles. The summed E-state index contributed by atoms with van der Waals surface area (Å²) >= 11 is 0. The van der Waals surface area contributed by atoms with E-state index in [1.165, 1.54) is 0 Å². The van der Waals surface area contributed by atoms with E-state index in [4.69, 9.17) is 32.0 Å². The smallest absolute Gasteiger partial charge is 0.395 e. The van der Waals surface area contributed by atoms with Crippen molar-refractivity contribution in [2.24, 2.45) is 0 Å². The second kappa shape index (κ2) is 21.4. The highest BCUT2D eigenvalue weighted by atomic mass is 31.2. The Balaban J connectivity index is 0.000000116. The highest BCUT2D eigenvalue weighted by Gasteiger charge is 2.45. The fraction of sp³-hybridized carbons (Fsp3) is 0.103. The van der Waals surface area contributed by atoms with Crippen molar-refractivity contribution in [3.8, 4) is 45.3 Å². The van der Waals surface area contributed by atoms with Crippen LogP contribution < -0.4 is 18.1 Å². The van der Waals surface area contributed by atoms with Crippen molar-refractivity contribution in [2.75, 3.05) is 0 Å². The van der Waals surface area contributed by atoms with Crippen LogP contribution >= 0.6 is 31.3 Å². The van der Waals surface area contributed by atoms with Gasteiger partial charge in [0, 0.05) is 22.3 Å².